The first kappa shape index (κ1) is 16.5. The monoisotopic (exact) mass is 335 g/mol. The van der Waals surface area contributed by atoms with Gasteiger partial charge in [-0.25, -0.2) is 0 Å². The minimum atomic E-state index is -0.0765. The van der Waals surface area contributed by atoms with Gasteiger partial charge in [0.25, 0.3) is 5.91 Å². The van der Waals surface area contributed by atoms with E-state index in [9.17, 15) is 9.59 Å². The number of fused-ring (bicyclic) bond motifs is 2. The smallest absolute Gasteiger partial charge is 0.261 e. The molecule has 0 saturated heterocycles. The first-order valence-electron chi connectivity index (χ1n) is 8.50. The Balaban J connectivity index is 1.39. The second-order valence-corrected chi connectivity index (χ2v) is 7.67. The zero-order valence-corrected chi connectivity index (χ0v) is 14.1. The molecule has 126 valence electrons. The molecule has 0 aliphatic heterocycles. The fraction of sp³-hybridized carbons (Fsp3) is 0.647. The summed E-state index contributed by atoms with van der Waals surface area (Å²) < 4.78 is 0. The first-order valence-corrected chi connectivity index (χ1v) is 9.38. The van der Waals surface area contributed by atoms with Gasteiger partial charge in [0.2, 0.25) is 5.91 Å². The van der Waals surface area contributed by atoms with E-state index in [1.165, 1.54) is 17.8 Å². The summed E-state index contributed by atoms with van der Waals surface area (Å²) in [5.41, 5.74) is 6.27. The van der Waals surface area contributed by atoms with Crippen molar-refractivity contribution in [2.45, 2.75) is 38.1 Å². The highest BCUT2D eigenvalue weighted by molar-refractivity contribution is 7.12. The minimum Gasteiger partial charge on any atom is -0.354 e. The lowest BCUT2D eigenvalue weighted by molar-refractivity contribution is -0.127. The maximum atomic E-state index is 12.3. The zero-order chi connectivity index (χ0) is 16.2. The quantitative estimate of drug-likeness (QED) is 0.717. The maximum Gasteiger partial charge on any atom is 0.261 e. The third-order valence-corrected chi connectivity index (χ3v) is 6.11. The Bertz CT molecular complexity index is 532. The fourth-order valence-corrected chi connectivity index (χ4v) is 4.64. The van der Waals surface area contributed by atoms with Gasteiger partial charge in [-0.2, -0.15) is 0 Å². The van der Waals surface area contributed by atoms with Crippen molar-refractivity contribution in [1.29, 1.82) is 0 Å². The second kappa shape index (κ2) is 7.45. The zero-order valence-electron chi connectivity index (χ0n) is 13.3. The van der Waals surface area contributed by atoms with E-state index >= 15 is 0 Å². The number of amides is 2. The standard InChI is InChI=1S/C17H25N3O2S/c18-15-11-3-1-4-12(15)10-13(9-11)16(21)19-6-7-20-17(22)14-5-2-8-23-14/h2,5,8,11-13,15H,1,3-4,6-7,9-10,18H2,(H,19,21)(H,20,22). The third kappa shape index (κ3) is 3.93. The van der Waals surface area contributed by atoms with Crippen LogP contribution < -0.4 is 16.4 Å². The van der Waals surface area contributed by atoms with E-state index in [0.29, 0.717) is 29.8 Å². The van der Waals surface area contributed by atoms with Crippen molar-refractivity contribution < 1.29 is 9.59 Å². The van der Waals surface area contributed by atoms with E-state index in [0.717, 1.165) is 25.7 Å². The molecular weight excluding hydrogens is 310 g/mol. The summed E-state index contributed by atoms with van der Waals surface area (Å²) in [6.07, 6.45) is 5.43. The molecule has 1 aromatic heterocycles. The lowest BCUT2D eigenvalue weighted by atomic mass is 9.65. The summed E-state index contributed by atoms with van der Waals surface area (Å²) in [4.78, 5) is 24.8. The molecule has 1 aromatic rings. The molecule has 0 spiro atoms. The molecule has 2 fully saturated rings. The molecule has 2 aliphatic carbocycles. The molecule has 2 atom stereocenters. The van der Waals surface area contributed by atoms with Crippen LogP contribution in [-0.2, 0) is 4.79 Å². The van der Waals surface area contributed by atoms with Crippen molar-refractivity contribution in [3.8, 4) is 0 Å². The predicted octanol–water partition coefficient (Wildman–Crippen LogP) is 1.75. The second-order valence-electron chi connectivity index (χ2n) is 6.72. The molecule has 5 nitrogen and oxygen atoms in total. The van der Waals surface area contributed by atoms with Gasteiger partial charge in [-0.05, 0) is 49.0 Å². The van der Waals surface area contributed by atoms with E-state index in [-0.39, 0.29) is 23.8 Å². The molecule has 2 amide bonds. The van der Waals surface area contributed by atoms with Crippen LogP contribution in [0.2, 0.25) is 0 Å². The number of nitrogens with one attached hydrogen (secondary N) is 2. The molecule has 3 rings (SSSR count). The van der Waals surface area contributed by atoms with E-state index in [2.05, 4.69) is 10.6 Å². The highest BCUT2D eigenvalue weighted by Gasteiger charge is 2.40. The van der Waals surface area contributed by atoms with Gasteiger partial charge in [0.15, 0.2) is 0 Å². The average Bonchev–Trinajstić information content (AvgIpc) is 3.05. The molecule has 0 radical (unpaired) electrons. The maximum absolute atomic E-state index is 12.3. The molecule has 23 heavy (non-hydrogen) atoms. The van der Waals surface area contributed by atoms with Gasteiger partial charge >= 0.3 is 0 Å². The highest BCUT2D eigenvalue weighted by atomic mass is 32.1. The Morgan fingerprint density at radius 1 is 1.17 bits per heavy atom. The molecular formula is C17H25N3O2S. The number of nitrogens with two attached hydrogens (primary N) is 1. The van der Waals surface area contributed by atoms with Crippen LogP contribution in [0.15, 0.2) is 17.5 Å². The van der Waals surface area contributed by atoms with Crippen LogP contribution in [0.25, 0.3) is 0 Å². The Morgan fingerprint density at radius 2 is 1.87 bits per heavy atom. The summed E-state index contributed by atoms with van der Waals surface area (Å²) in [5.74, 6) is 1.17. The van der Waals surface area contributed by atoms with Crippen LogP contribution in [0.1, 0.15) is 41.8 Å². The summed E-state index contributed by atoms with van der Waals surface area (Å²) in [6.45, 7) is 0.940. The average molecular weight is 335 g/mol. The molecule has 2 aliphatic rings. The first-order chi connectivity index (χ1) is 11.1. The molecule has 1 heterocycles. The van der Waals surface area contributed by atoms with Crippen LogP contribution in [0.3, 0.4) is 0 Å². The van der Waals surface area contributed by atoms with Crippen LogP contribution in [0.5, 0.6) is 0 Å². The van der Waals surface area contributed by atoms with Crippen LogP contribution in [-0.4, -0.2) is 30.9 Å². The van der Waals surface area contributed by atoms with Gasteiger partial charge in [0.05, 0.1) is 4.88 Å². The summed E-state index contributed by atoms with van der Waals surface area (Å²) in [5, 5.41) is 7.67. The fourth-order valence-electron chi connectivity index (χ4n) is 4.00. The summed E-state index contributed by atoms with van der Waals surface area (Å²) in [6, 6.07) is 3.94. The van der Waals surface area contributed by atoms with Crippen molar-refractivity contribution in [1.82, 2.24) is 10.6 Å². The molecule has 6 heteroatoms. The number of hydrogen-bond donors (Lipinski definition) is 3. The van der Waals surface area contributed by atoms with Gasteiger partial charge in [-0.1, -0.05) is 12.5 Å². The lowest BCUT2D eigenvalue weighted by Crippen LogP contribution is -2.49. The summed E-state index contributed by atoms with van der Waals surface area (Å²) in [7, 11) is 0. The van der Waals surface area contributed by atoms with Gasteiger partial charge in [0.1, 0.15) is 0 Å². The number of thiophene rings is 1. The number of rotatable bonds is 5. The molecule has 2 unspecified atom stereocenters. The molecule has 2 saturated carbocycles. The Morgan fingerprint density at radius 3 is 2.52 bits per heavy atom. The number of hydrogen-bond acceptors (Lipinski definition) is 4. The van der Waals surface area contributed by atoms with E-state index in [4.69, 9.17) is 5.73 Å². The van der Waals surface area contributed by atoms with E-state index < -0.39 is 0 Å². The van der Waals surface area contributed by atoms with Crippen LogP contribution in [0.4, 0.5) is 0 Å². The van der Waals surface area contributed by atoms with Crippen molar-refractivity contribution in [2.24, 2.45) is 23.5 Å². The Kier molecular flexibility index (Phi) is 5.33. The van der Waals surface area contributed by atoms with Crippen LogP contribution in [0, 0.1) is 17.8 Å². The molecule has 4 N–H and O–H groups in total. The molecule has 2 bridgehead atoms. The predicted molar refractivity (Wildman–Crippen MR) is 91.2 cm³/mol. The van der Waals surface area contributed by atoms with Gasteiger partial charge < -0.3 is 16.4 Å². The largest absolute Gasteiger partial charge is 0.354 e. The van der Waals surface area contributed by atoms with Crippen molar-refractivity contribution in [3.63, 3.8) is 0 Å². The number of carbonyl (C=O) groups is 2. The Labute approximate surface area is 141 Å². The van der Waals surface area contributed by atoms with Crippen molar-refractivity contribution in [2.75, 3.05) is 13.1 Å². The van der Waals surface area contributed by atoms with Gasteiger partial charge in [-0.3, -0.25) is 9.59 Å². The van der Waals surface area contributed by atoms with Crippen molar-refractivity contribution >= 4 is 23.2 Å². The highest BCUT2D eigenvalue weighted by Crippen LogP contribution is 2.41. The summed E-state index contributed by atoms with van der Waals surface area (Å²) >= 11 is 1.42. The molecule has 0 aromatic carbocycles. The minimum absolute atomic E-state index is 0.0765. The van der Waals surface area contributed by atoms with Crippen LogP contribution >= 0.6 is 11.3 Å². The normalized spacial score (nSPS) is 29.8. The van der Waals surface area contributed by atoms with E-state index in [1.54, 1.807) is 6.07 Å². The van der Waals surface area contributed by atoms with Gasteiger partial charge in [-0.15, -0.1) is 11.3 Å². The lowest BCUT2D eigenvalue weighted by Gasteiger charge is -2.43. The third-order valence-electron chi connectivity index (χ3n) is 5.24. The van der Waals surface area contributed by atoms with Crippen molar-refractivity contribution in [3.05, 3.63) is 22.4 Å². The van der Waals surface area contributed by atoms with E-state index in [1.807, 2.05) is 11.4 Å². The topological polar surface area (TPSA) is 84.2 Å². The van der Waals surface area contributed by atoms with Gasteiger partial charge in [0, 0.05) is 25.0 Å². The number of carbonyl (C=O) groups excluding carboxylic acids is 2. The SMILES string of the molecule is NC1C2CCCC1CC(C(=O)NCCNC(=O)c1cccs1)C2. The Hall–Kier alpha value is -1.40.